The molecular weight excluding hydrogens is 714 g/mol. The van der Waals surface area contributed by atoms with Gasteiger partial charge in [0.2, 0.25) is 0 Å². The van der Waals surface area contributed by atoms with Gasteiger partial charge >= 0.3 is 5.97 Å². The highest BCUT2D eigenvalue weighted by Crippen LogP contribution is 2.42. The Hall–Kier alpha value is -1.74. The van der Waals surface area contributed by atoms with Gasteiger partial charge in [-0.3, -0.25) is 14.5 Å². The van der Waals surface area contributed by atoms with Crippen LogP contribution in [0.2, 0.25) is 0 Å². The number of likely N-dealkylation sites (N-methyl/N-ethyl adjacent to an activating group) is 1. The predicted octanol–water partition coefficient (Wildman–Crippen LogP) is 2.83. The summed E-state index contributed by atoms with van der Waals surface area (Å²) in [5.41, 5.74) is -4.30. The van der Waals surface area contributed by atoms with Gasteiger partial charge in [0.05, 0.1) is 47.6 Å². The van der Waals surface area contributed by atoms with Crippen LogP contribution in [0.1, 0.15) is 101 Å². The second-order valence-electron chi connectivity index (χ2n) is 17.1. The first-order chi connectivity index (χ1) is 25.5. The lowest BCUT2D eigenvalue weighted by molar-refractivity contribution is -0.319. The summed E-state index contributed by atoms with van der Waals surface area (Å²) in [5.74, 6) is -1.93. The number of carbonyl (C=O) groups excluding carboxylic acids is 2. The zero-order valence-electron chi connectivity index (χ0n) is 35.4. The topological polar surface area (TPSA) is 183 Å². The minimum Gasteiger partial charge on any atom is -0.459 e. The summed E-state index contributed by atoms with van der Waals surface area (Å²) in [6, 6.07) is -0.359. The molecule has 4 N–H and O–H groups in total. The van der Waals surface area contributed by atoms with E-state index in [1.54, 1.807) is 48.5 Å². The van der Waals surface area contributed by atoms with E-state index in [0.717, 1.165) is 0 Å². The van der Waals surface area contributed by atoms with Crippen molar-refractivity contribution in [3.63, 3.8) is 0 Å². The van der Waals surface area contributed by atoms with Crippen molar-refractivity contribution in [2.24, 2.45) is 23.7 Å². The lowest BCUT2D eigenvalue weighted by atomic mass is 9.74. The Bertz CT molecular complexity index is 1310. The molecule has 0 saturated carbocycles. The Balaban J connectivity index is 2.22. The second kappa shape index (κ2) is 19.3. The van der Waals surface area contributed by atoms with E-state index in [9.17, 15) is 30.0 Å². The van der Waals surface area contributed by atoms with E-state index in [2.05, 4.69) is 5.92 Å². The van der Waals surface area contributed by atoms with Crippen LogP contribution in [0.5, 0.6) is 0 Å². The van der Waals surface area contributed by atoms with E-state index in [1.807, 2.05) is 25.8 Å². The van der Waals surface area contributed by atoms with E-state index in [0.29, 0.717) is 19.4 Å². The molecule has 0 spiro atoms. The molecule has 0 unspecified atom stereocenters. The molecule has 3 aliphatic heterocycles. The van der Waals surface area contributed by atoms with E-state index in [4.69, 9.17) is 39.6 Å². The van der Waals surface area contributed by atoms with Crippen molar-refractivity contribution in [1.82, 2.24) is 4.90 Å². The molecular formula is C41H71NO13. The molecule has 0 radical (unpaired) electrons. The number of hydrogen-bond donors (Lipinski definition) is 4. The molecule has 18 atom stereocenters. The Morgan fingerprint density at radius 3 is 2.09 bits per heavy atom. The highest BCUT2D eigenvalue weighted by molar-refractivity contribution is 5.83. The lowest BCUT2D eigenvalue weighted by Gasteiger charge is -2.50. The average Bonchev–Trinajstić information content (AvgIpc) is 3.14. The van der Waals surface area contributed by atoms with Crippen molar-refractivity contribution in [3.8, 4) is 12.3 Å². The van der Waals surface area contributed by atoms with Crippen molar-refractivity contribution >= 4 is 11.8 Å². The maximum Gasteiger partial charge on any atom is 0.311 e. The molecule has 14 heteroatoms. The fourth-order valence-corrected chi connectivity index (χ4v) is 8.92. The molecule has 3 fully saturated rings. The molecule has 0 aromatic carbocycles. The van der Waals surface area contributed by atoms with Crippen molar-refractivity contribution in [2.45, 2.75) is 186 Å². The molecule has 55 heavy (non-hydrogen) atoms. The van der Waals surface area contributed by atoms with Crippen LogP contribution < -0.4 is 0 Å². The van der Waals surface area contributed by atoms with E-state index >= 15 is 0 Å². The SMILES string of the molecule is C#CCCN(C)[C@H]1C[C@@H](C)O[C@@H](O[C@@H]2[C@@H](C)[C@H](O[C@H]3C[C@@](C)(OC)[C@@H](O)[C@H](C)O3)[C@@H](C)C(=O)O[C@H](CC)[C@@](C)(O)[C@H](O)[C@@H](C)C(=O)[C@H](C)C[C@@]2(C)OC)[C@@H]1O. The fourth-order valence-electron chi connectivity index (χ4n) is 8.92. The van der Waals surface area contributed by atoms with Gasteiger partial charge in [-0.1, -0.05) is 27.7 Å². The molecule has 14 nitrogen and oxygen atoms in total. The number of hydrogen-bond acceptors (Lipinski definition) is 14. The third-order valence-electron chi connectivity index (χ3n) is 12.8. The zero-order chi connectivity index (χ0) is 41.8. The number of aliphatic hydroxyl groups is 4. The molecule has 0 aromatic heterocycles. The minimum absolute atomic E-state index is 0.0913. The molecule has 0 aliphatic carbocycles. The minimum atomic E-state index is -1.98. The Morgan fingerprint density at radius 2 is 1.53 bits per heavy atom. The summed E-state index contributed by atoms with van der Waals surface area (Å²) in [7, 11) is 4.89. The molecule has 3 rings (SSSR count). The number of cyclic esters (lactones) is 1. The van der Waals surface area contributed by atoms with Gasteiger partial charge in [0, 0.05) is 57.4 Å². The third kappa shape index (κ3) is 10.5. The van der Waals surface area contributed by atoms with Crippen LogP contribution in [-0.4, -0.2) is 149 Å². The molecule has 318 valence electrons. The largest absolute Gasteiger partial charge is 0.459 e. The van der Waals surface area contributed by atoms with Crippen molar-refractivity contribution in [3.05, 3.63) is 0 Å². The number of terminal acetylenes is 1. The van der Waals surface area contributed by atoms with E-state index in [1.165, 1.54) is 21.1 Å². The van der Waals surface area contributed by atoms with Gasteiger partial charge in [0.1, 0.15) is 29.7 Å². The number of rotatable bonds is 10. The fraction of sp³-hybridized carbons (Fsp3) is 0.902. The maximum atomic E-state index is 14.2. The molecule has 3 aliphatic rings. The number of ketones is 1. The molecule has 0 amide bonds. The van der Waals surface area contributed by atoms with Gasteiger partial charge in [-0.25, -0.2) is 0 Å². The first-order valence-electron chi connectivity index (χ1n) is 19.9. The number of aliphatic hydroxyl groups excluding tert-OH is 3. The second-order valence-corrected chi connectivity index (χ2v) is 17.1. The van der Waals surface area contributed by atoms with Crippen molar-refractivity contribution in [2.75, 3.05) is 27.8 Å². The number of ether oxygens (including phenoxy) is 7. The van der Waals surface area contributed by atoms with E-state index in [-0.39, 0.29) is 37.2 Å². The number of nitrogens with zero attached hydrogens (tertiary/aromatic N) is 1. The summed E-state index contributed by atoms with van der Waals surface area (Å²) in [6.07, 6.45) is -3.07. The number of methoxy groups -OCH3 is 2. The molecule has 0 aromatic rings. The predicted molar refractivity (Wildman–Crippen MR) is 203 cm³/mol. The lowest BCUT2D eigenvalue weighted by Crippen LogP contribution is -2.61. The first kappa shape index (κ1) is 47.6. The highest BCUT2D eigenvalue weighted by Gasteiger charge is 2.54. The van der Waals surface area contributed by atoms with Gasteiger partial charge in [0.15, 0.2) is 12.6 Å². The van der Waals surface area contributed by atoms with Crippen molar-refractivity contribution in [1.29, 1.82) is 0 Å². The van der Waals surface area contributed by atoms with Crippen LogP contribution in [0.3, 0.4) is 0 Å². The maximum absolute atomic E-state index is 14.2. The first-order valence-corrected chi connectivity index (χ1v) is 19.9. The quantitative estimate of drug-likeness (QED) is 0.187. The Labute approximate surface area is 328 Å². The summed E-state index contributed by atoms with van der Waals surface area (Å²) in [5, 5.41) is 45.9. The number of carbonyl (C=O) groups is 2. The van der Waals surface area contributed by atoms with Crippen LogP contribution in [-0.2, 0) is 42.7 Å². The molecule has 3 heterocycles. The summed E-state index contributed by atoms with van der Waals surface area (Å²) in [4.78, 5) is 30.3. The monoisotopic (exact) mass is 785 g/mol. The highest BCUT2D eigenvalue weighted by atomic mass is 16.7. The summed E-state index contributed by atoms with van der Waals surface area (Å²) >= 11 is 0. The molecule has 3 saturated heterocycles. The summed E-state index contributed by atoms with van der Waals surface area (Å²) in [6.45, 7) is 17.5. The van der Waals surface area contributed by atoms with Gasteiger partial charge < -0.3 is 53.6 Å². The molecule has 0 bridgehead atoms. The van der Waals surface area contributed by atoms with Gasteiger partial charge in [-0.2, -0.15) is 0 Å². The van der Waals surface area contributed by atoms with Crippen LogP contribution in [0, 0.1) is 36.0 Å². The van der Waals surface area contributed by atoms with Crippen LogP contribution in [0.4, 0.5) is 0 Å². The average molecular weight is 786 g/mol. The van der Waals surface area contributed by atoms with Crippen molar-refractivity contribution < 1.29 is 63.2 Å². The van der Waals surface area contributed by atoms with Gasteiger partial charge in [-0.05, 0) is 67.9 Å². The number of esters is 1. The third-order valence-corrected chi connectivity index (χ3v) is 12.8. The van der Waals surface area contributed by atoms with Crippen LogP contribution in [0.15, 0.2) is 0 Å². The Kier molecular flexibility index (Phi) is 16.8. The standard InChI is InChI=1S/C41H71NO13/c1-15-17-18-42(12)28-19-23(4)51-38(32(28)44)55-36-25(6)33(54-30-21-39(9,49-13)35(46)27(8)52-30)26(7)37(47)53-29(16-2)41(11,48)34(45)24(5)31(43)22(3)20-40(36,10)50-14/h1,22-30,32-36,38,44-46,48H,16-21H2,2-14H3/t22-,23-,24+,25+,26-,27+,28+,29-,30+,32-,33+,34-,35+,36-,38+,39-,40-,41-/m1/s1. The van der Waals surface area contributed by atoms with Gasteiger partial charge in [-0.15, -0.1) is 12.3 Å². The van der Waals surface area contributed by atoms with E-state index < -0.39 is 102 Å². The van der Waals surface area contributed by atoms with Crippen LogP contribution in [0.25, 0.3) is 0 Å². The Morgan fingerprint density at radius 1 is 0.909 bits per heavy atom. The van der Waals surface area contributed by atoms with Crippen LogP contribution >= 0.6 is 0 Å². The normalized spacial score (nSPS) is 46.8. The smallest absolute Gasteiger partial charge is 0.311 e. The zero-order valence-corrected chi connectivity index (χ0v) is 35.4. The number of Topliss-reactive ketones (excluding diaryl/α,β-unsaturated/α-hetero) is 1. The summed E-state index contributed by atoms with van der Waals surface area (Å²) < 4.78 is 44.1. The van der Waals surface area contributed by atoms with Gasteiger partial charge in [0.25, 0.3) is 0 Å².